The third-order valence-electron chi connectivity index (χ3n) is 2.81. The summed E-state index contributed by atoms with van der Waals surface area (Å²) in [6.07, 6.45) is 2.93. The van der Waals surface area contributed by atoms with Crippen LogP contribution >= 0.6 is 0 Å². The monoisotopic (exact) mass is 184 g/mol. The van der Waals surface area contributed by atoms with Crippen molar-refractivity contribution in [3.05, 3.63) is 11.1 Å². The van der Waals surface area contributed by atoms with E-state index in [1.165, 1.54) is 11.1 Å². The predicted molar refractivity (Wildman–Crippen MR) is 48.7 cm³/mol. The Hall–Kier alpha value is -0.380. The maximum absolute atomic E-state index is 5.77. The van der Waals surface area contributed by atoms with E-state index in [1.54, 1.807) is 14.2 Å². The van der Waals surface area contributed by atoms with Crippen molar-refractivity contribution in [3.8, 4) is 0 Å². The molecule has 3 heteroatoms. The van der Waals surface area contributed by atoms with Crippen molar-refractivity contribution in [2.75, 3.05) is 27.4 Å². The fourth-order valence-electron chi connectivity index (χ4n) is 2.25. The quantitative estimate of drug-likeness (QED) is 0.613. The van der Waals surface area contributed by atoms with Gasteiger partial charge in [-0.25, -0.2) is 0 Å². The summed E-state index contributed by atoms with van der Waals surface area (Å²) in [5.41, 5.74) is 2.64. The van der Waals surface area contributed by atoms with E-state index in [4.69, 9.17) is 14.2 Å². The summed E-state index contributed by atoms with van der Waals surface area (Å²) in [5, 5.41) is 0. The summed E-state index contributed by atoms with van der Waals surface area (Å²) in [6, 6.07) is 0. The van der Waals surface area contributed by atoms with Crippen molar-refractivity contribution in [1.82, 2.24) is 0 Å². The Bertz CT molecular complexity index is 200. The van der Waals surface area contributed by atoms with E-state index in [2.05, 4.69) is 0 Å². The maximum Gasteiger partial charge on any atom is 0.0820 e. The number of methoxy groups -OCH3 is 2. The smallest absolute Gasteiger partial charge is 0.0820 e. The molecule has 0 amide bonds. The Labute approximate surface area is 78.7 Å². The lowest BCUT2D eigenvalue weighted by molar-refractivity contribution is 0.0973. The molecule has 2 atom stereocenters. The zero-order chi connectivity index (χ0) is 9.26. The third-order valence-corrected chi connectivity index (χ3v) is 2.81. The lowest BCUT2D eigenvalue weighted by atomic mass is 9.92. The molecule has 2 aliphatic heterocycles. The van der Waals surface area contributed by atoms with E-state index in [9.17, 15) is 0 Å². The number of rotatable bonds is 4. The molecule has 0 spiro atoms. The molecule has 2 unspecified atom stereocenters. The molecule has 1 fully saturated rings. The fraction of sp³-hybridized carbons (Fsp3) is 0.800. The molecule has 0 aromatic heterocycles. The minimum Gasteiger partial charge on any atom is -0.380 e. The number of hydrogen-bond donors (Lipinski definition) is 0. The molecular formula is C10H16O3. The van der Waals surface area contributed by atoms with Crippen molar-refractivity contribution in [1.29, 1.82) is 0 Å². The molecular weight excluding hydrogens is 168 g/mol. The molecule has 74 valence electrons. The van der Waals surface area contributed by atoms with E-state index < -0.39 is 0 Å². The second-order valence-electron chi connectivity index (χ2n) is 3.61. The molecule has 0 saturated carbocycles. The zero-order valence-electron chi connectivity index (χ0n) is 8.21. The highest BCUT2D eigenvalue weighted by atomic mass is 16.5. The molecule has 0 aromatic carbocycles. The van der Waals surface area contributed by atoms with E-state index in [-0.39, 0.29) is 0 Å². The van der Waals surface area contributed by atoms with Crippen LogP contribution < -0.4 is 0 Å². The van der Waals surface area contributed by atoms with E-state index in [0.717, 1.165) is 12.8 Å². The summed E-state index contributed by atoms with van der Waals surface area (Å²) in [6.45, 7) is 1.39. The van der Waals surface area contributed by atoms with Crippen molar-refractivity contribution in [3.63, 3.8) is 0 Å². The molecule has 0 N–H and O–H groups in total. The molecule has 1 saturated heterocycles. The topological polar surface area (TPSA) is 27.7 Å². The largest absolute Gasteiger partial charge is 0.380 e. The molecule has 2 heterocycles. The van der Waals surface area contributed by atoms with Crippen LogP contribution in [0.2, 0.25) is 0 Å². The lowest BCUT2D eigenvalue weighted by Crippen LogP contribution is -2.16. The Morgan fingerprint density at radius 3 is 1.92 bits per heavy atom. The SMILES string of the molecule is COCC1=C(COC)C2CCC1O2. The van der Waals surface area contributed by atoms with Crippen molar-refractivity contribution >= 4 is 0 Å². The summed E-state index contributed by atoms with van der Waals surface area (Å²) in [5.74, 6) is 0. The highest BCUT2D eigenvalue weighted by molar-refractivity contribution is 5.31. The van der Waals surface area contributed by atoms with Crippen LogP contribution in [-0.2, 0) is 14.2 Å². The van der Waals surface area contributed by atoms with Gasteiger partial charge in [0.2, 0.25) is 0 Å². The first kappa shape index (κ1) is 9.19. The van der Waals surface area contributed by atoms with Crippen molar-refractivity contribution in [2.24, 2.45) is 0 Å². The van der Waals surface area contributed by atoms with Crippen LogP contribution in [0.5, 0.6) is 0 Å². The first-order valence-corrected chi connectivity index (χ1v) is 4.72. The average molecular weight is 184 g/mol. The Kier molecular flexibility index (Phi) is 2.67. The van der Waals surface area contributed by atoms with Gasteiger partial charge in [0.05, 0.1) is 25.4 Å². The maximum atomic E-state index is 5.77. The lowest BCUT2D eigenvalue weighted by Gasteiger charge is -2.15. The van der Waals surface area contributed by atoms with E-state index in [1.807, 2.05) is 0 Å². The van der Waals surface area contributed by atoms with Crippen LogP contribution in [0.1, 0.15) is 12.8 Å². The minimum atomic E-state index is 0.315. The van der Waals surface area contributed by atoms with Gasteiger partial charge >= 0.3 is 0 Å². The van der Waals surface area contributed by atoms with Crippen LogP contribution in [0, 0.1) is 0 Å². The predicted octanol–water partition coefficient (Wildman–Crippen LogP) is 1.14. The van der Waals surface area contributed by atoms with Crippen LogP contribution in [-0.4, -0.2) is 39.6 Å². The molecule has 2 bridgehead atoms. The van der Waals surface area contributed by atoms with Crippen LogP contribution in [0.4, 0.5) is 0 Å². The second-order valence-corrected chi connectivity index (χ2v) is 3.61. The molecule has 2 rings (SSSR count). The number of hydrogen-bond acceptors (Lipinski definition) is 3. The van der Waals surface area contributed by atoms with Crippen molar-refractivity contribution in [2.45, 2.75) is 25.0 Å². The summed E-state index contributed by atoms with van der Waals surface area (Å²) < 4.78 is 16.1. The molecule has 0 aliphatic carbocycles. The minimum absolute atomic E-state index is 0.315. The van der Waals surface area contributed by atoms with E-state index >= 15 is 0 Å². The summed E-state index contributed by atoms with van der Waals surface area (Å²) in [4.78, 5) is 0. The van der Waals surface area contributed by atoms with Gasteiger partial charge in [-0.2, -0.15) is 0 Å². The van der Waals surface area contributed by atoms with Gasteiger partial charge in [0, 0.05) is 14.2 Å². The molecule has 2 aliphatic rings. The Balaban J connectivity index is 2.14. The average Bonchev–Trinajstić information content (AvgIpc) is 2.69. The van der Waals surface area contributed by atoms with Gasteiger partial charge in [0.1, 0.15) is 0 Å². The van der Waals surface area contributed by atoms with Crippen LogP contribution in [0.3, 0.4) is 0 Å². The van der Waals surface area contributed by atoms with Gasteiger partial charge in [-0.15, -0.1) is 0 Å². The fourth-order valence-corrected chi connectivity index (χ4v) is 2.25. The Morgan fingerprint density at radius 2 is 1.54 bits per heavy atom. The van der Waals surface area contributed by atoms with Crippen LogP contribution in [0.25, 0.3) is 0 Å². The molecule has 0 radical (unpaired) electrons. The third kappa shape index (κ3) is 1.52. The molecule has 0 aromatic rings. The van der Waals surface area contributed by atoms with E-state index in [0.29, 0.717) is 25.4 Å². The highest BCUT2D eigenvalue weighted by Crippen LogP contribution is 2.39. The summed E-state index contributed by atoms with van der Waals surface area (Å²) >= 11 is 0. The first-order valence-electron chi connectivity index (χ1n) is 4.72. The summed E-state index contributed by atoms with van der Waals surface area (Å²) in [7, 11) is 3.45. The molecule has 3 nitrogen and oxygen atoms in total. The second kappa shape index (κ2) is 3.78. The van der Waals surface area contributed by atoms with Gasteiger partial charge in [0.15, 0.2) is 0 Å². The first-order chi connectivity index (χ1) is 6.36. The van der Waals surface area contributed by atoms with Gasteiger partial charge in [-0.1, -0.05) is 0 Å². The number of fused-ring (bicyclic) bond motifs is 2. The van der Waals surface area contributed by atoms with Gasteiger partial charge in [-0.3, -0.25) is 0 Å². The van der Waals surface area contributed by atoms with Gasteiger partial charge in [0.25, 0.3) is 0 Å². The van der Waals surface area contributed by atoms with Gasteiger partial charge < -0.3 is 14.2 Å². The standard InChI is InChI=1S/C10H16O3/c1-11-5-7-8(6-12-2)10-4-3-9(7)13-10/h9-10H,3-6H2,1-2H3. The van der Waals surface area contributed by atoms with Crippen LogP contribution in [0.15, 0.2) is 11.1 Å². The van der Waals surface area contributed by atoms with Crippen molar-refractivity contribution < 1.29 is 14.2 Å². The zero-order valence-corrected chi connectivity index (χ0v) is 8.21. The Morgan fingerprint density at radius 1 is 1.08 bits per heavy atom. The number of ether oxygens (including phenoxy) is 3. The van der Waals surface area contributed by atoms with Gasteiger partial charge in [-0.05, 0) is 24.0 Å². The highest BCUT2D eigenvalue weighted by Gasteiger charge is 2.39. The molecule has 13 heavy (non-hydrogen) atoms. The normalized spacial score (nSPS) is 31.8.